The van der Waals surface area contributed by atoms with Gasteiger partial charge in [0.1, 0.15) is 4.70 Å². The first-order valence-corrected chi connectivity index (χ1v) is 19.5. The summed E-state index contributed by atoms with van der Waals surface area (Å²) in [6.07, 6.45) is 2.47. The normalized spacial score (nSPS) is 14.4. The summed E-state index contributed by atoms with van der Waals surface area (Å²) in [5.74, 6) is -0.776. The molecule has 0 bridgehead atoms. The number of nitrogens with zero attached hydrogens (tertiary/aromatic N) is 3. The van der Waals surface area contributed by atoms with Gasteiger partial charge in [0.2, 0.25) is 5.52 Å². The molecule has 0 fully saturated rings. The molecule has 13 heteroatoms. The highest BCUT2D eigenvalue weighted by atomic mass is 32.2. The minimum Gasteiger partial charge on any atom is -0.748 e. The van der Waals surface area contributed by atoms with E-state index in [9.17, 15) is 25.9 Å². The van der Waals surface area contributed by atoms with Gasteiger partial charge < -0.3 is 14.4 Å². The Labute approximate surface area is 268 Å². The van der Waals surface area contributed by atoms with Crippen LogP contribution in [0.5, 0.6) is 0 Å². The van der Waals surface area contributed by atoms with Gasteiger partial charge in [0, 0.05) is 23.6 Å². The summed E-state index contributed by atoms with van der Waals surface area (Å²) in [6.45, 7) is 10.9. The van der Waals surface area contributed by atoms with Crippen LogP contribution in [0.15, 0.2) is 70.6 Å². The molecule has 1 aliphatic heterocycles. The predicted molar refractivity (Wildman–Crippen MR) is 181 cm³/mol. The largest absolute Gasteiger partial charge is 0.748 e. The summed E-state index contributed by atoms with van der Waals surface area (Å²) in [4.78, 5) is 5.45. The Morgan fingerprint density at radius 3 is 2.25 bits per heavy atom. The quantitative estimate of drug-likeness (QED) is 0.146. The van der Waals surface area contributed by atoms with Crippen molar-refractivity contribution in [1.29, 1.82) is 0 Å². The van der Waals surface area contributed by atoms with Crippen LogP contribution in [-0.2, 0) is 26.8 Å². The number of benzene rings is 3. The molecule has 1 aliphatic rings. The van der Waals surface area contributed by atoms with Gasteiger partial charge in [-0.15, -0.1) is 0 Å². The Morgan fingerprint density at radius 2 is 1.59 bits per heavy atom. The molecule has 0 saturated heterocycles. The third kappa shape index (κ3) is 9.03. The monoisotopic (exact) mass is 677 g/mol. The summed E-state index contributed by atoms with van der Waals surface area (Å²) < 4.78 is 68.8. The van der Waals surface area contributed by atoms with Crippen molar-refractivity contribution in [1.82, 2.24) is 4.90 Å². The fraction of sp³-hybridized carbons (Fsp3) is 0.387. The fourth-order valence-corrected chi connectivity index (χ4v) is 8.49. The summed E-state index contributed by atoms with van der Waals surface area (Å²) >= 11 is 3.15. The lowest BCUT2D eigenvalue weighted by atomic mass is 10.1. The second kappa shape index (κ2) is 15.2. The Bertz CT molecular complexity index is 1830. The molecule has 44 heavy (non-hydrogen) atoms. The molecule has 2 heterocycles. The molecule has 0 saturated carbocycles. The Morgan fingerprint density at radius 1 is 0.909 bits per heavy atom. The third-order valence-corrected chi connectivity index (χ3v) is 11.2. The highest BCUT2D eigenvalue weighted by molar-refractivity contribution is 8.04. The lowest BCUT2D eigenvalue weighted by Gasteiger charge is -2.19. The Balaban J connectivity index is 0.000000566. The fourth-order valence-electron chi connectivity index (χ4n) is 5.18. The van der Waals surface area contributed by atoms with Gasteiger partial charge >= 0.3 is 0 Å². The van der Waals surface area contributed by atoms with Crippen molar-refractivity contribution in [3.63, 3.8) is 0 Å². The van der Waals surface area contributed by atoms with Crippen LogP contribution >= 0.6 is 23.1 Å². The number of aryl methyl sites for hydroxylation is 1. The number of rotatable bonds is 12. The molecule has 4 aromatic rings. The van der Waals surface area contributed by atoms with Crippen LogP contribution in [0.3, 0.4) is 0 Å². The van der Waals surface area contributed by atoms with Crippen molar-refractivity contribution in [2.45, 2.75) is 45.1 Å². The van der Waals surface area contributed by atoms with Crippen molar-refractivity contribution in [2.75, 3.05) is 42.6 Å². The zero-order valence-electron chi connectivity index (χ0n) is 25.2. The van der Waals surface area contributed by atoms with E-state index >= 15 is 0 Å². The minimum atomic E-state index is -4.33. The number of thiazole rings is 1. The first kappa shape index (κ1) is 34.4. The van der Waals surface area contributed by atoms with E-state index in [4.69, 9.17) is 0 Å². The molecule has 0 unspecified atom stereocenters. The Kier molecular flexibility index (Phi) is 11.8. The summed E-state index contributed by atoms with van der Waals surface area (Å²) in [6, 6.07) is 19.9. The highest BCUT2D eigenvalue weighted by Crippen LogP contribution is 2.47. The maximum atomic E-state index is 11.3. The maximum Gasteiger partial charge on any atom is 0.265 e. The Hall–Kier alpha value is -2.52. The number of thioether (sulfide) groups is 1. The van der Waals surface area contributed by atoms with Gasteiger partial charge in [-0.3, -0.25) is 4.55 Å². The van der Waals surface area contributed by atoms with E-state index in [-0.39, 0.29) is 18.6 Å². The van der Waals surface area contributed by atoms with Crippen molar-refractivity contribution in [3.8, 4) is 0 Å². The number of aromatic nitrogens is 1. The standard InChI is InChI=1S/C25H24N2O6S4.C6H15N/c28-36(29,30)15-5-13-26-20-9-3-4-10-21(20)34-23(26)17-24-27(14-6-16-37(31,32)33)25-19-8-2-1-7-18(19)11-12-22(25)35-24;1-4-7(5-2)6-3/h1-4,7-12,17H,5-6,13-16H2,(H-,28,29,30,31,32,33);4-6H2,1-3H3. The first-order chi connectivity index (χ1) is 20.9. The van der Waals surface area contributed by atoms with E-state index in [0.29, 0.717) is 13.1 Å². The van der Waals surface area contributed by atoms with Gasteiger partial charge in [-0.05, 0) is 55.7 Å². The molecule has 5 rings (SSSR count). The van der Waals surface area contributed by atoms with Crippen LogP contribution in [0.1, 0.15) is 38.6 Å². The van der Waals surface area contributed by atoms with Crippen LogP contribution in [0.4, 0.5) is 5.69 Å². The molecule has 9 nitrogen and oxygen atoms in total. The van der Waals surface area contributed by atoms with Gasteiger partial charge in [0.15, 0.2) is 6.54 Å². The van der Waals surface area contributed by atoms with Gasteiger partial charge in [-0.2, -0.15) is 13.0 Å². The zero-order chi connectivity index (χ0) is 31.9. The van der Waals surface area contributed by atoms with Gasteiger partial charge in [-0.25, -0.2) is 8.42 Å². The second-order valence-corrected chi connectivity index (χ2v) is 15.5. The van der Waals surface area contributed by atoms with Crippen molar-refractivity contribution in [3.05, 3.63) is 70.7 Å². The molecule has 1 aromatic heterocycles. The third-order valence-electron chi connectivity index (χ3n) is 7.40. The van der Waals surface area contributed by atoms with Crippen LogP contribution in [0, 0.1) is 0 Å². The molecule has 238 valence electrons. The zero-order valence-corrected chi connectivity index (χ0v) is 28.4. The topological polar surface area (TPSA) is 122 Å². The minimum absolute atomic E-state index is 0.188. The van der Waals surface area contributed by atoms with Crippen LogP contribution < -0.4 is 9.47 Å². The molecular formula is C31H39N3O6S4. The molecule has 0 spiro atoms. The molecular weight excluding hydrogens is 639 g/mol. The molecule has 0 amide bonds. The number of anilines is 1. The molecule has 0 aliphatic carbocycles. The summed E-state index contributed by atoms with van der Waals surface area (Å²) in [5.41, 5.74) is 1.95. The number of para-hydroxylation sites is 1. The van der Waals surface area contributed by atoms with Crippen molar-refractivity contribution < 1.29 is 30.5 Å². The lowest BCUT2D eigenvalue weighted by molar-refractivity contribution is -0.667. The van der Waals surface area contributed by atoms with Crippen molar-refractivity contribution in [2.24, 2.45) is 0 Å². The van der Waals surface area contributed by atoms with Crippen LogP contribution in [-0.4, -0.2) is 68.5 Å². The summed E-state index contributed by atoms with van der Waals surface area (Å²) in [7, 11) is -8.40. The van der Waals surface area contributed by atoms with Gasteiger partial charge in [-0.1, -0.05) is 80.3 Å². The molecule has 1 N–H and O–H groups in total. The van der Waals surface area contributed by atoms with E-state index in [1.54, 1.807) is 23.1 Å². The lowest BCUT2D eigenvalue weighted by Crippen LogP contribution is -2.36. The molecule has 0 radical (unpaired) electrons. The van der Waals surface area contributed by atoms with E-state index in [1.807, 2.05) is 65.6 Å². The average Bonchev–Trinajstić information content (AvgIpc) is 3.51. The van der Waals surface area contributed by atoms with Gasteiger partial charge in [0.25, 0.3) is 15.1 Å². The number of hydrogen-bond donors (Lipinski definition) is 1. The second-order valence-electron chi connectivity index (χ2n) is 10.3. The number of hydrogen-bond acceptors (Lipinski definition) is 9. The SMILES string of the molecule is CCN(CC)CC.O=S(=O)([O-])CCC[n+]1c(/C=C2/Sc3ccccc3N2CCCS(=O)(=O)O)sc2ccc3ccccc3c21. The van der Waals surface area contributed by atoms with Crippen LogP contribution in [0.25, 0.3) is 27.1 Å². The highest BCUT2D eigenvalue weighted by Gasteiger charge is 2.28. The number of fused-ring (bicyclic) bond motifs is 4. The first-order valence-electron chi connectivity index (χ1n) is 14.6. The van der Waals surface area contributed by atoms with E-state index in [0.717, 1.165) is 41.6 Å². The predicted octanol–water partition coefficient (Wildman–Crippen LogP) is 5.81. The van der Waals surface area contributed by atoms with E-state index < -0.39 is 26.0 Å². The van der Waals surface area contributed by atoms with E-state index in [1.165, 1.54) is 19.6 Å². The average molecular weight is 678 g/mol. The molecule has 0 atom stereocenters. The van der Waals surface area contributed by atoms with Crippen molar-refractivity contribution >= 4 is 76.1 Å². The smallest absolute Gasteiger partial charge is 0.265 e. The van der Waals surface area contributed by atoms with Crippen LogP contribution in [0.2, 0.25) is 0 Å². The maximum absolute atomic E-state index is 11.3. The summed E-state index contributed by atoms with van der Waals surface area (Å²) in [5, 5.41) is 3.90. The van der Waals surface area contributed by atoms with Gasteiger partial charge in [0.05, 0.1) is 38.0 Å². The molecule has 3 aromatic carbocycles. The van der Waals surface area contributed by atoms with E-state index in [2.05, 4.69) is 36.3 Å².